The number of hydrogen-bond acceptors (Lipinski definition) is 8. The van der Waals surface area contributed by atoms with Crippen molar-refractivity contribution >= 4 is 31.9 Å². The lowest BCUT2D eigenvalue weighted by molar-refractivity contribution is 0.0575. The first-order valence-corrected chi connectivity index (χ1v) is 16.7. The van der Waals surface area contributed by atoms with Crippen molar-refractivity contribution in [1.82, 2.24) is 19.7 Å². The van der Waals surface area contributed by atoms with Gasteiger partial charge in [0.1, 0.15) is 11.7 Å². The smallest absolute Gasteiger partial charge is 0.414 e. The molecule has 10 nitrogen and oxygen atoms in total. The Morgan fingerprint density at radius 3 is 2.49 bits per heavy atom. The van der Waals surface area contributed by atoms with Crippen LogP contribution >= 0.6 is 0 Å². The summed E-state index contributed by atoms with van der Waals surface area (Å²) in [6.07, 6.45) is 3.01. The highest BCUT2D eigenvalue weighted by Gasteiger charge is 2.47. The zero-order chi connectivity index (χ0) is 30.4. The molecule has 41 heavy (non-hydrogen) atoms. The van der Waals surface area contributed by atoms with Crippen molar-refractivity contribution < 1.29 is 14.0 Å². The van der Waals surface area contributed by atoms with Crippen LogP contribution in [-0.2, 0) is 21.6 Å². The Balaban J connectivity index is 1.79. The molecule has 1 amide bonds. The summed E-state index contributed by atoms with van der Waals surface area (Å²) in [5.41, 5.74) is 1.92. The summed E-state index contributed by atoms with van der Waals surface area (Å²) in [7, 11) is -0.271. The van der Waals surface area contributed by atoms with Gasteiger partial charge < -0.3 is 14.5 Å². The largest absolute Gasteiger partial charge is 0.443 e. The lowest BCUT2D eigenvalue weighted by atomic mass is 9.83. The van der Waals surface area contributed by atoms with Gasteiger partial charge >= 0.3 is 6.09 Å². The van der Waals surface area contributed by atoms with Gasteiger partial charge in [-0.2, -0.15) is 10.4 Å². The molecule has 11 heteroatoms. The van der Waals surface area contributed by atoms with Crippen LogP contribution in [0.15, 0.2) is 36.7 Å². The van der Waals surface area contributed by atoms with E-state index in [0.29, 0.717) is 41.9 Å². The number of aryl methyl sites for hydroxylation is 1. The molecule has 1 atom stereocenters. The molecule has 0 saturated carbocycles. The highest BCUT2D eigenvalue weighted by molar-refractivity contribution is 6.74. The normalized spacial score (nSPS) is 17.2. The minimum atomic E-state index is -2.11. The zero-order valence-corrected chi connectivity index (χ0v) is 26.8. The predicted molar refractivity (Wildman–Crippen MR) is 163 cm³/mol. The molecular weight excluding hydrogens is 534 g/mol. The van der Waals surface area contributed by atoms with Gasteiger partial charge in [-0.25, -0.2) is 14.8 Å². The van der Waals surface area contributed by atoms with Crippen LogP contribution in [0.4, 0.5) is 22.2 Å². The first-order valence-electron chi connectivity index (χ1n) is 13.8. The molecule has 218 valence electrons. The van der Waals surface area contributed by atoms with Crippen molar-refractivity contribution in [2.24, 2.45) is 7.05 Å². The summed E-state index contributed by atoms with van der Waals surface area (Å²) in [5.74, 6) is 1.01. The third-order valence-electron chi connectivity index (χ3n) is 7.73. The van der Waals surface area contributed by atoms with E-state index in [4.69, 9.17) is 14.1 Å². The maximum absolute atomic E-state index is 13.4. The third-order valence-corrected chi connectivity index (χ3v) is 12.2. The summed E-state index contributed by atoms with van der Waals surface area (Å²) in [6.45, 7) is 19.4. The second kappa shape index (κ2) is 10.6. The maximum atomic E-state index is 13.4. The number of amides is 1. The molecule has 0 fully saturated rings. The molecule has 0 spiro atoms. The summed E-state index contributed by atoms with van der Waals surface area (Å²) in [4.78, 5) is 24.1. The zero-order valence-electron chi connectivity index (χ0n) is 25.8. The van der Waals surface area contributed by atoms with Gasteiger partial charge in [0.15, 0.2) is 14.1 Å². The number of hydrogen-bond donors (Lipinski definition) is 1. The van der Waals surface area contributed by atoms with Crippen molar-refractivity contribution in [3.63, 3.8) is 0 Å². The van der Waals surface area contributed by atoms with E-state index in [1.54, 1.807) is 27.9 Å². The van der Waals surface area contributed by atoms with Gasteiger partial charge in [-0.05, 0) is 62.7 Å². The number of nitrogens with one attached hydrogen (secondary N) is 1. The van der Waals surface area contributed by atoms with Gasteiger partial charge in [0.2, 0.25) is 5.95 Å². The topological polar surface area (TPSA) is 118 Å². The molecule has 1 aromatic carbocycles. The number of aromatic nitrogens is 4. The number of anilines is 3. The number of fused-ring (bicyclic) bond motifs is 1. The molecule has 1 aliphatic heterocycles. The molecule has 1 unspecified atom stereocenters. The Hall–Kier alpha value is -3.75. The van der Waals surface area contributed by atoms with E-state index < -0.39 is 25.4 Å². The predicted octanol–water partition coefficient (Wildman–Crippen LogP) is 6.53. The van der Waals surface area contributed by atoms with E-state index in [0.717, 1.165) is 11.1 Å². The Kier molecular flexibility index (Phi) is 7.79. The number of rotatable bonds is 6. The van der Waals surface area contributed by atoms with Crippen LogP contribution in [0.2, 0.25) is 18.1 Å². The Labute approximate surface area is 243 Å². The monoisotopic (exact) mass is 575 g/mol. The Morgan fingerprint density at radius 1 is 1.20 bits per heavy atom. The number of nitriles is 1. The SMILES string of the molecule is Cn1ccc(Nc2nccc(-c3cc(C#N)c4c(c3)C(C)(CO[Si](C)(C)C(C)(C)C)CN4C(=O)OC(C)(C)C)n2)n1. The van der Waals surface area contributed by atoms with Crippen LogP contribution in [0.5, 0.6) is 0 Å². The molecule has 0 radical (unpaired) electrons. The number of carbonyl (C=O) groups excluding carboxylic acids is 1. The first-order chi connectivity index (χ1) is 18.9. The van der Waals surface area contributed by atoms with Crippen LogP contribution in [0.1, 0.15) is 59.6 Å². The van der Waals surface area contributed by atoms with E-state index in [-0.39, 0.29) is 5.04 Å². The minimum Gasteiger partial charge on any atom is -0.443 e. The van der Waals surface area contributed by atoms with Crippen molar-refractivity contribution in [3.05, 3.63) is 47.8 Å². The van der Waals surface area contributed by atoms with Crippen molar-refractivity contribution in [2.75, 3.05) is 23.4 Å². The molecule has 1 aliphatic rings. The summed E-state index contributed by atoms with van der Waals surface area (Å²) in [6, 6.07) is 9.74. The summed E-state index contributed by atoms with van der Waals surface area (Å²) < 4.78 is 14.2. The molecule has 0 aliphatic carbocycles. The molecule has 1 N–H and O–H groups in total. The quantitative estimate of drug-likeness (QED) is 0.330. The van der Waals surface area contributed by atoms with E-state index >= 15 is 0 Å². The number of ether oxygens (including phenoxy) is 1. The highest BCUT2D eigenvalue weighted by Crippen LogP contribution is 2.47. The van der Waals surface area contributed by atoms with E-state index in [1.165, 1.54) is 0 Å². The standard InChI is InChI=1S/C30H41N7O3Si/c1-28(2,3)40-27(38)37-18-30(7,19-39-41(9,10)29(4,5)6)22-16-20(15-21(17-31)25(22)37)23-11-13-32-26(33-23)34-24-12-14-36(8)35-24/h11-16H,18-19H2,1-10H3,(H,32,33,34,35). The van der Waals surface area contributed by atoms with E-state index in [1.807, 2.05) is 46.1 Å². The highest BCUT2D eigenvalue weighted by atomic mass is 28.4. The summed E-state index contributed by atoms with van der Waals surface area (Å²) >= 11 is 0. The molecule has 0 saturated heterocycles. The summed E-state index contributed by atoms with van der Waals surface area (Å²) in [5, 5.41) is 17.8. The van der Waals surface area contributed by atoms with Gasteiger partial charge in [0.25, 0.3) is 0 Å². The lowest BCUT2D eigenvalue weighted by Gasteiger charge is -2.39. The minimum absolute atomic E-state index is 0.0211. The lowest BCUT2D eigenvalue weighted by Crippen LogP contribution is -2.46. The van der Waals surface area contributed by atoms with Crippen LogP contribution in [0.25, 0.3) is 11.3 Å². The number of benzene rings is 1. The maximum Gasteiger partial charge on any atom is 0.414 e. The van der Waals surface area contributed by atoms with E-state index in [9.17, 15) is 10.1 Å². The molecular formula is C30H41N7O3Si. The second-order valence-corrected chi connectivity index (χ2v) is 18.3. The van der Waals surface area contributed by atoms with E-state index in [2.05, 4.69) is 62.3 Å². The van der Waals surface area contributed by atoms with Crippen molar-refractivity contribution in [3.8, 4) is 17.3 Å². The fraction of sp³-hybridized carbons (Fsp3) is 0.500. The van der Waals surface area contributed by atoms with Crippen LogP contribution in [0, 0.1) is 11.3 Å². The molecule has 3 aromatic rings. The van der Waals surface area contributed by atoms with Gasteiger partial charge in [0.05, 0.1) is 16.9 Å². The van der Waals surface area contributed by atoms with Crippen LogP contribution < -0.4 is 10.2 Å². The van der Waals surface area contributed by atoms with Gasteiger partial charge in [-0.1, -0.05) is 27.7 Å². The van der Waals surface area contributed by atoms with Gasteiger partial charge in [0, 0.05) is 49.6 Å². The number of nitrogens with zero attached hydrogens (tertiary/aromatic N) is 6. The van der Waals surface area contributed by atoms with Crippen molar-refractivity contribution in [1.29, 1.82) is 5.26 Å². The fourth-order valence-corrected chi connectivity index (χ4v) is 5.57. The van der Waals surface area contributed by atoms with Crippen LogP contribution in [0.3, 0.4) is 0 Å². The van der Waals surface area contributed by atoms with Crippen molar-refractivity contribution in [2.45, 2.75) is 77.6 Å². The van der Waals surface area contributed by atoms with Gasteiger partial charge in [-0.15, -0.1) is 0 Å². The Morgan fingerprint density at radius 2 is 1.90 bits per heavy atom. The number of carbonyl (C=O) groups is 1. The second-order valence-electron chi connectivity index (χ2n) is 13.5. The average Bonchev–Trinajstić information content (AvgIpc) is 3.41. The Bertz CT molecular complexity index is 1500. The molecule has 2 aromatic heterocycles. The molecule has 4 rings (SSSR count). The van der Waals surface area contributed by atoms with Gasteiger partial charge in [-0.3, -0.25) is 9.58 Å². The molecule has 3 heterocycles. The average molecular weight is 576 g/mol. The molecule has 0 bridgehead atoms. The first kappa shape index (κ1) is 30.2. The fourth-order valence-electron chi connectivity index (χ4n) is 4.46. The third kappa shape index (κ3) is 6.44. The van der Waals surface area contributed by atoms with Crippen LogP contribution in [-0.4, -0.2) is 52.9 Å².